The molecule has 2 nitrogen and oxygen atoms in total. The molecule has 0 N–H and O–H groups in total. The zero-order chi connectivity index (χ0) is 18.5. The van der Waals surface area contributed by atoms with Crippen molar-refractivity contribution >= 4 is 17.7 Å². The van der Waals surface area contributed by atoms with E-state index >= 15 is 0 Å². The molecule has 3 rings (SSSR count). The lowest BCUT2D eigenvalue weighted by atomic mass is 9.93. The van der Waals surface area contributed by atoms with E-state index in [1.165, 1.54) is 39.2 Å². The third-order valence-corrected chi connectivity index (χ3v) is 5.15. The summed E-state index contributed by atoms with van der Waals surface area (Å²) in [4.78, 5) is 0. The van der Waals surface area contributed by atoms with Crippen LogP contribution >= 0.6 is 0 Å². The van der Waals surface area contributed by atoms with E-state index in [0.717, 1.165) is 12.1 Å². The van der Waals surface area contributed by atoms with Gasteiger partial charge in [0.15, 0.2) is 0 Å². The molecule has 0 fully saturated rings. The van der Waals surface area contributed by atoms with Crippen molar-refractivity contribution in [2.45, 2.75) is 54.0 Å². The second-order valence-corrected chi connectivity index (χ2v) is 8.26. The molecule has 1 aromatic carbocycles. The van der Waals surface area contributed by atoms with Gasteiger partial charge in [-0.05, 0) is 64.5 Å². The van der Waals surface area contributed by atoms with Crippen LogP contribution in [0.3, 0.4) is 0 Å². The molecule has 0 radical (unpaired) electrons. The Balaban J connectivity index is 0.00000243. The molecule has 0 aromatic heterocycles. The third kappa shape index (κ3) is 3.48. The van der Waals surface area contributed by atoms with E-state index in [0.29, 0.717) is 0 Å². The molecule has 1 aromatic rings. The van der Waals surface area contributed by atoms with Gasteiger partial charge >= 0.3 is 6.34 Å². The summed E-state index contributed by atoms with van der Waals surface area (Å²) in [6.07, 6.45) is 6.70. The Morgan fingerprint density at radius 3 is 2.08 bits per heavy atom. The maximum absolute atomic E-state index is 4.32. The Morgan fingerprint density at radius 2 is 1.54 bits per heavy atom. The summed E-state index contributed by atoms with van der Waals surface area (Å²) in [5, 5.41) is 0. The van der Waals surface area contributed by atoms with Gasteiger partial charge in [0.25, 0.3) is 0 Å². The molecular weight excluding hydrogens is 340 g/mol. The highest BCUT2D eigenvalue weighted by atomic mass is 35.5. The number of rotatable bonds is 1. The first-order valence-electron chi connectivity index (χ1n) is 9.02. The van der Waals surface area contributed by atoms with Crippen LogP contribution in [0.5, 0.6) is 0 Å². The lowest BCUT2D eigenvalue weighted by Crippen LogP contribution is -3.00. The minimum atomic E-state index is 0. The molecule has 0 bridgehead atoms. The molecule has 26 heavy (non-hydrogen) atoms. The molecule has 0 atom stereocenters. The summed E-state index contributed by atoms with van der Waals surface area (Å²) in [7, 11) is 0. The lowest BCUT2D eigenvalue weighted by molar-refractivity contribution is -0.474. The van der Waals surface area contributed by atoms with Crippen LogP contribution in [0.25, 0.3) is 0 Å². The van der Waals surface area contributed by atoms with Crippen LogP contribution in [-0.4, -0.2) is 33.3 Å². The monoisotopic (exact) mass is 369 g/mol. The van der Waals surface area contributed by atoms with Crippen molar-refractivity contribution in [2.75, 3.05) is 6.54 Å². The first-order chi connectivity index (χ1) is 11.6. The van der Waals surface area contributed by atoms with Crippen LogP contribution in [0, 0.1) is 20.8 Å². The topological polar surface area (TPSA) is 6.02 Å². The van der Waals surface area contributed by atoms with Gasteiger partial charge < -0.3 is 12.4 Å². The highest BCUT2D eigenvalue weighted by Gasteiger charge is 2.47. The predicted octanol–water partition coefficient (Wildman–Crippen LogP) is 2.00. The number of nitrogens with zero attached hydrogens (tertiary/aromatic N) is 2. The second-order valence-electron chi connectivity index (χ2n) is 8.26. The van der Waals surface area contributed by atoms with E-state index in [9.17, 15) is 0 Å². The minimum absolute atomic E-state index is 0. The van der Waals surface area contributed by atoms with Crippen molar-refractivity contribution in [3.05, 3.63) is 64.3 Å². The van der Waals surface area contributed by atoms with Crippen LogP contribution in [-0.2, 0) is 0 Å². The summed E-state index contributed by atoms with van der Waals surface area (Å²) >= 11 is 0. The van der Waals surface area contributed by atoms with Crippen LogP contribution in [0.15, 0.2) is 47.6 Å². The molecule has 3 heteroatoms. The molecule has 138 valence electrons. The van der Waals surface area contributed by atoms with Crippen molar-refractivity contribution in [1.82, 2.24) is 0 Å². The zero-order valence-corrected chi connectivity index (χ0v) is 17.8. The summed E-state index contributed by atoms with van der Waals surface area (Å²) in [5.74, 6) is 0. The number of halogens is 1. The number of benzene rings is 1. The minimum Gasteiger partial charge on any atom is -1.00 e. The summed E-state index contributed by atoms with van der Waals surface area (Å²) in [6, 6.07) is 4.55. The van der Waals surface area contributed by atoms with Crippen molar-refractivity contribution in [3.63, 3.8) is 0 Å². The molecular formula is C23H30ClN2+. The lowest BCUT2D eigenvalue weighted by Gasteiger charge is -2.16. The van der Waals surface area contributed by atoms with Gasteiger partial charge in [0.05, 0.1) is 0 Å². The van der Waals surface area contributed by atoms with Gasteiger partial charge in [0, 0.05) is 36.1 Å². The normalized spacial score (nSPS) is 21.8. The molecule has 0 saturated heterocycles. The fourth-order valence-corrected chi connectivity index (χ4v) is 4.34. The van der Waals surface area contributed by atoms with Gasteiger partial charge in [-0.1, -0.05) is 12.1 Å². The Labute approximate surface area is 164 Å². The maximum atomic E-state index is 4.32. The van der Waals surface area contributed by atoms with E-state index in [1.54, 1.807) is 0 Å². The van der Waals surface area contributed by atoms with Crippen molar-refractivity contribution in [1.29, 1.82) is 0 Å². The van der Waals surface area contributed by atoms with E-state index in [1.807, 2.05) is 0 Å². The molecule has 0 saturated carbocycles. The largest absolute Gasteiger partial charge is 1.00 e. The van der Waals surface area contributed by atoms with Gasteiger partial charge in [0.2, 0.25) is 23.5 Å². The summed E-state index contributed by atoms with van der Waals surface area (Å²) < 4.78 is 4.81. The highest BCUT2D eigenvalue weighted by Crippen LogP contribution is 2.30. The smallest absolute Gasteiger partial charge is 0.408 e. The molecule has 2 aliphatic rings. The first kappa shape index (κ1) is 20.4. The number of aryl methyl sites for hydroxylation is 3. The number of allylic oxidation sites excluding steroid dienone is 5. The Morgan fingerprint density at radius 1 is 0.962 bits per heavy atom. The average Bonchev–Trinajstić information content (AvgIpc) is 2.72. The quantitative estimate of drug-likeness (QED) is 0.668. The van der Waals surface area contributed by atoms with Crippen LogP contribution in [0.2, 0.25) is 0 Å². The predicted molar refractivity (Wildman–Crippen MR) is 108 cm³/mol. The van der Waals surface area contributed by atoms with E-state index in [2.05, 4.69) is 94.8 Å². The van der Waals surface area contributed by atoms with Crippen molar-refractivity contribution < 1.29 is 21.6 Å². The van der Waals surface area contributed by atoms with E-state index in [-0.39, 0.29) is 17.9 Å². The van der Waals surface area contributed by atoms with Gasteiger partial charge in [0.1, 0.15) is 0 Å². The Kier molecular flexibility index (Phi) is 5.49. The van der Waals surface area contributed by atoms with Crippen LogP contribution in [0.1, 0.15) is 44.4 Å². The average molecular weight is 370 g/mol. The van der Waals surface area contributed by atoms with Gasteiger partial charge in [-0.15, -0.1) is 9.15 Å². The standard InChI is InChI=1S/C23H30N2.ClH/c1-15-9-17(3)21(18(4)10-15)24-13-23(7,8)25(14-24)22-19(5)11-16(2)12-20(22)6;/h9-12,14H,5,13H2,1-4,6-8H3;1H/q+2;/p-1. The Bertz CT molecular complexity index is 885. The molecule has 1 aliphatic carbocycles. The fraction of sp³-hybridized carbons (Fsp3) is 0.391. The number of hydrogen-bond donors (Lipinski definition) is 0. The van der Waals surface area contributed by atoms with Crippen LogP contribution < -0.4 is 12.4 Å². The van der Waals surface area contributed by atoms with Gasteiger partial charge in [-0.25, -0.2) is 0 Å². The molecule has 1 aliphatic heterocycles. The highest BCUT2D eigenvalue weighted by molar-refractivity contribution is 6.12. The van der Waals surface area contributed by atoms with Crippen molar-refractivity contribution in [2.24, 2.45) is 0 Å². The van der Waals surface area contributed by atoms with Crippen LogP contribution in [0.4, 0.5) is 5.69 Å². The van der Waals surface area contributed by atoms with E-state index < -0.39 is 0 Å². The van der Waals surface area contributed by atoms with E-state index in [4.69, 9.17) is 0 Å². The number of hydrogen-bond acceptors (Lipinski definition) is 0. The van der Waals surface area contributed by atoms with Crippen molar-refractivity contribution in [3.8, 4) is 0 Å². The molecule has 0 unspecified atom stereocenters. The fourth-order valence-electron chi connectivity index (χ4n) is 4.34. The van der Waals surface area contributed by atoms with Gasteiger partial charge in [-0.3, -0.25) is 0 Å². The SMILES string of the molecule is C=C1C=C(C)C=C(C)C1=[N+]1C=[N+](c2c(C)cc(C)cc2C)CC1(C)C.[Cl-]. The Hall–Kier alpha value is -1.93. The molecule has 0 amide bonds. The molecule has 1 heterocycles. The van der Waals surface area contributed by atoms with Gasteiger partial charge in [-0.2, -0.15) is 0 Å². The third-order valence-electron chi connectivity index (χ3n) is 5.15. The maximum Gasteiger partial charge on any atom is 0.408 e. The second kappa shape index (κ2) is 7.00. The zero-order valence-electron chi connectivity index (χ0n) is 17.1. The summed E-state index contributed by atoms with van der Waals surface area (Å²) in [6.45, 7) is 20.8. The summed E-state index contributed by atoms with van der Waals surface area (Å²) in [5.41, 5.74) is 10.2. The first-order valence-corrected chi connectivity index (χ1v) is 9.02. The molecule has 0 spiro atoms.